The summed E-state index contributed by atoms with van der Waals surface area (Å²) in [7, 11) is -1.88. The van der Waals surface area contributed by atoms with E-state index in [2.05, 4.69) is 25.2 Å². The Balaban J connectivity index is 2.76. The quantitative estimate of drug-likeness (QED) is 0.579. The Labute approximate surface area is 98.8 Å². The highest BCUT2D eigenvalue weighted by Gasteiger charge is 2.29. The SMILES string of the molecule is C[C@H](O[Si](C)(C)c1ccccc1)[C@@H](C)C=O. The highest BCUT2D eigenvalue weighted by Crippen LogP contribution is 2.13. The number of hydrogen-bond acceptors (Lipinski definition) is 2. The first-order valence-corrected chi connectivity index (χ1v) is 8.57. The minimum absolute atomic E-state index is 0.0145. The zero-order valence-corrected chi connectivity index (χ0v) is 11.4. The summed E-state index contributed by atoms with van der Waals surface area (Å²) in [4.78, 5) is 10.7. The lowest BCUT2D eigenvalue weighted by atomic mass is 10.1. The molecule has 3 heteroatoms. The molecule has 16 heavy (non-hydrogen) atoms. The third-order valence-corrected chi connectivity index (χ3v) is 5.59. The lowest BCUT2D eigenvalue weighted by Crippen LogP contribution is -2.48. The van der Waals surface area contributed by atoms with Crippen LogP contribution < -0.4 is 5.19 Å². The van der Waals surface area contributed by atoms with Crippen molar-refractivity contribution in [3.63, 3.8) is 0 Å². The van der Waals surface area contributed by atoms with Gasteiger partial charge in [-0.25, -0.2) is 0 Å². The summed E-state index contributed by atoms with van der Waals surface area (Å²) in [6.45, 7) is 8.19. The number of rotatable bonds is 5. The second-order valence-electron chi connectivity index (χ2n) is 4.69. The number of aldehydes is 1. The maximum atomic E-state index is 10.7. The number of hydrogen-bond donors (Lipinski definition) is 0. The average molecular weight is 236 g/mol. The standard InChI is InChI=1S/C13H20O2Si/c1-11(10-14)12(2)15-16(3,4)13-8-6-5-7-9-13/h5-12H,1-4H3/t11-,12-/m0/s1. The van der Waals surface area contributed by atoms with E-state index in [1.165, 1.54) is 5.19 Å². The predicted molar refractivity (Wildman–Crippen MR) is 69.3 cm³/mol. The Morgan fingerprint density at radius 3 is 2.25 bits per heavy atom. The summed E-state index contributed by atoms with van der Waals surface area (Å²) in [5, 5.41) is 1.26. The molecule has 88 valence electrons. The molecule has 2 nitrogen and oxygen atoms in total. The molecule has 0 saturated heterocycles. The molecule has 0 amide bonds. The maximum Gasteiger partial charge on any atom is 0.218 e. The first kappa shape index (κ1) is 13.1. The van der Waals surface area contributed by atoms with Gasteiger partial charge in [0.25, 0.3) is 0 Å². The Kier molecular flexibility index (Phi) is 4.44. The summed E-state index contributed by atoms with van der Waals surface area (Å²) in [6, 6.07) is 10.3. The normalized spacial score (nSPS) is 15.5. The van der Waals surface area contributed by atoms with Crippen LogP contribution in [0.2, 0.25) is 13.1 Å². The van der Waals surface area contributed by atoms with Gasteiger partial charge in [0.2, 0.25) is 8.32 Å². The fourth-order valence-corrected chi connectivity index (χ4v) is 3.87. The van der Waals surface area contributed by atoms with Gasteiger partial charge in [-0.1, -0.05) is 37.3 Å². The fraction of sp³-hybridized carbons (Fsp3) is 0.462. The molecular formula is C13H20O2Si. The van der Waals surface area contributed by atoms with Crippen LogP contribution >= 0.6 is 0 Å². The van der Waals surface area contributed by atoms with Crippen molar-refractivity contribution in [2.45, 2.75) is 33.0 Å². The molecule has 0 spiro atoms. The zero-order valence-electron chi connectivity index (χ0n) is 10.4. The minimum atomic E-state index is -1.88. The Morgan fingerprint density at radius 1 is 1.19 bits per heavy atom. The highest BCUT2D eigenvalue weighted by atomic mass is 28.4. The van der Waals surface area contributed by atoms with Crippen LogP contribution in [0.4, 0.5) is 0 Å². The van der Waals surface area contributed by atoms with Crippen molar-refractivity contribution in [1.29, 1.82) is 0 Å². The molecule has 0 bridgehead atoms. The summed E-state index contributed by atoms with van der Waals surface area (Å²) in [5.41, 5.74) is 0. The van der Waals surface area contributed by atoms with Crippen LogP contribution in [0.25, 0.3) is 0 Å². The van der Waals surface area contributed by atoms with E-state index in [1.807, 2.05) is 32.0 Å². The van der Waals surface area contributed by atoms with E-state index in [0.717, 1.165) is 6.29 Å². The van der Waals surface area contributed by atoms with Gasteiger partial charge in [0, 0.05) is 5.92 Å². The van der Waals surface area contributed by atoms with E-state index < -0.39 is 8.32 Å². The fourth-order valence-electron chi connectivity index (χ4n) is 1.59. The first-order chi connectivity index (χ1) is 7.47. The molecule has 1 aromatic rings. The van der Waals surface area contributed by atoms with Crippen LogP contribution in [0, 0.1) is 5.92 Å². The van der Waals surface area contributed by atoms with Crippen LogP contribution in [0.15, 0.2) is 30.3 Å². The maximum absolute atomic E-state index is 10.7. The second kappa shape index (κ2) is 5.41. The van der Waals surface area contributed by atoms with E-state index in [-0.39, 0.29) is 12.0 Å². The van der Waals surface area contributed by atoms with E-state index >= 15 is 0 Å². The topological polar surface area (TPSA) is 26.3 Å². The Morgan fingerprint density at radius 2 is 1.75 bits per heavy atom. The van der Waals surface area contributed by atoms with E-state index in [1.54, 1.807) is 0 Å². The smallest absolute Gasteiger partial charge is 0.218 e. The first-order valence-electron chi connectivity index (χ1n) is 5.66. The van der Waals surface area contributed by atoms with Crippen LogP contribution in [-0.2, 0) is 9.22 Å². The van der Waals surface area contributed by atoms with Gasteiger partial charge < -0.3 is 9.22 Å². The van der Waals surface area contributed by atoms with Crippen molar-refractivity contribution in [1.82, 2.24) is 0 Å². The lowest BCUT2D eigenvalue weighted by molar-refractivity contribution is -0.112. The molecule has 0 aliphatic carbocycles. The number of carbonyl (C=O) groups excluding carboxylic acids is 1. The molecule has 0 saturated carbocycles. The predicted octanol–water partition coefficient (Wildman–Crippen LogP) is 2.34. The molecule has 0 aliphatic heterocycles. The zero-order chi connectivity index (χ0) is 12.2. The molecule has 1 aromatic carbocycles. The van der Waals surface area contributed by atoms with Gasteiger partial charge in [-0.3, -0.25) is 0 Å². The van der Waals surface area contributed by atoms with Gasteiger partial charge in [0.15, 0.2) is 0 Å². The monoisotopic (exact) mass is 236 g/mol. The lowest BCUT2D eigenvalue weighted by Gasteiger charge is -2.29. The van der Waals surface area contributed by atoms with Crippen LogP contribution in [-0.4, -0.2) is 20.7 Å². The summed E-state index contributed by atoms with van der Waals surface area (Å²) in [5.74, 6) is -0.0458. The van der Waals surface area contributed by atoms with Gasteiger partial charge in [-0.15, -0.1) is 0 Å². The molecular weight excluding hydrogens is 216 g/mol. The van der Waals surface area contributed by atoms with Crippen molar-refractivity contribution < 1.29 is 9.22 Å². The number of benzene rings is 1. The molecule has 0 N–H and O–H groups in total. The van der Waals surface area contributed by atoms with Crippen molar-refractivity contribution in [3.05, 3.63) is 30.3 Å². The van der Waals surface area contributed by atoms with Crippen LogP contribution in [0.5, 0.6) is 0 Å². The third-order valence-electron chi connectivity index (χ3n) is 2.90. The summed E-state index contributed by atoms with van der Waals surface area (Å²) < 4.78 is 6.08. The average Bonchev–Trinajstić information content (AvgIpc) is 2.28. The molecule has 2 atom stereocenters. The molecule has 0 fully saturated rings. The molecule has 1 rings (SSSR count). The van der Waals surface area contributed by atoms with Gasteiger partial charge in [-0.05, 0) is 25.2 Å². The summed E-state index contributed by atoms with van der Waals surface area (Å²) >= 11 is 0. The van der Waals surface area contributed by atoms with Crippen LogP contribution in [0.1, 0.15) is 13.8 Å². The molecule has 0 radical (unpaired) electrons. The highest BCUT2D eigenvalue weighted by molar-refractivity contribution is 6.84. The Hall–Kier alpha value is -0.933. The second-order valence-corrected chi connectivity index (χ2v) is 8.53. The van der Waals surface area contributed by atoms with E-state index in [4.69, 9.17) is 4.43 Å². The number of carbonyl (C=O) groups is 1. The summed E-state index contributed by atoms with van der Waals surface area (Å²) in [6.07, 6.45) is 0.944. The largest absolute Gasteiger partial charge is 0.410 e. The van der Waals surface area contributed by atoms with Gasteiger partial charge >= 0.3 is 0 Å². The van der Waals surface area contributed by atoms with Crippen molar-refractivity contribution in [3.8, 4) is 0 Å². The van der Waals surface area contributed by atoms with Gasteiger partial charge in [-0.2, -0.15) is 0 Å². The van der Waals surface area contributed by atoms with E-state index in [0.29, 0.717) is 0 Å². The molecule has 0 aliphatic rings. The van der Waals surface area contributed by atoms with Gasteiger partial charge in [0.05, 0.1) is 6.10 Å². The Bertz CT molecular complexity index is 335. The molecule has 0 unspecified atom stereocenters. The van der Waals surface area contributed by atoms with Crippen LogP contribution in [0.3, 0.4) is 0 Å². The minimum Gasteiger partial charge on any atom is -0.410 e. The molecule has 0 heterocycles. The van der Waals surface area contributed by atoms with E-state index in [9.17, 15) is 4.79 Å². The van der Waals surface area contributed by atoms with Crippen molar-refractivity contribution in [2.75, 3.05) is 0 Å². The third kappa shape index (κ3) is 3.28. The van der Waals surface area contributed by atoms with Gasteiger partial charge in [0.1, 0.15) is 6.29 Å². The van der Waals surface area contributed by atoms with Crippen molar-refractivity contribution >= 4 is 19.8 Å². The molecule has 0 aromatic heterocycles. The van der Waals surface area contributed by atoms with Crippen molar-refractivity contribution in [2.24, 2.45) is 5.92 Å².